The zero-order chi connectivity index (χ0) is 19.3. The normalized spacial score (nSPS) is 14.9. The van der Waals surface area contributed by atoms with Gasteiger partial charge < -0.3 is 4.90 Å². The Balaban J connectivity index is 1.62. The summed E-state index contributed by atoms with van der Waals surface area (Å²) in [6.07, 6.45) is 3.77. The van der Waals surface area contributed by atoms with Crippen LogP contribution < -0.4 is 4.72 Å². The zero-order valence-corrected chi connectivity index (χ0v) is 17.6. The van der Waals surface area contributed by atoms with Gasteiger partial charge in [-0.3, -0.25) is 9.52 Å². The van der Waals surface area contributed by atoms with Crippen molar-refractivity contribution >= 4 is 44.2 Å². The minimum atomic E-state index is -3.68. The van der Waals surface area contributed by atoms with Crippen LogP contribution in [0.3, 0.4) is 0 Å². The molecule has 1 fully saturated rings. The lowest BCUT2D eigenvalue weighted by Crippen LogP contribution is -2.38. The number of aromatic nitrogens is 1. The summed E-state index contributed by atoms with van der Waals surface area (Å²) in [5.74, 6) is 2.01. The molecule has 1 amide bonds. The molecule has 0 bridgehead atoms. The second kappa shape index (κ2) is 9.07. The van der Waals surface area contributed by atoms with Crippen molar-refractivity contribution in [3.8, 4) is 0 Å². The number of aryl methyl sites for hydroxylation is 1. The smallest absolute Gasteiger partial charge is 0.263 e. The zero-order valence-electron chi connectivity index (χ0n) is 15.2. The van der Waals surface area contributed by atoms with E-state index in [1.54, 1.807) is 18.3 Å². The number of nitrogens with one attached hydrogen (secondary N) is 1. The molecule has 1 aromatic heterocycles. The quantitative estimate of drug-likeness (QED) is 0.738. The Labute approximate surface area is 168 Å². The Morgan fingerprint density at radius 2 is 1.93 bits per heavy atom. The first-order valence-electron chi connectivity index (χ1n) is 8.90. The summed E-state index contributed by atoms with van der Waals surface area (Å²) in [4.78, 5) is 19.3. The molecule has 1 aromatic carbocycles. The molecule has 1 aliphatic rings. The topological polar surface area (TPSA) is 79.4 Å². The highest BCUT2D eigenvalue weighted by Crippen LogP contribution is 2.23. The summed E-state index contributed by atoms with van der Waals surface area (Å²) in [6, 6.07) is 6.89. The Kier molecular flexibility index (Phi) is 6.78. The number of hydrogen-bond acceptors (Lipinski definition) is 6. The fourth-order valence-corrected chi connectivity index (χ4v) is 5.76. The number of carbonyl (C=O) groups excluding carboxylic acids is 1. The van der Waals surface area contributed by atoms with E-state index in [0.29, 0.717) is 0 Å². The fourth-order valence-electron chi connectivity index (χ4n) is 2.81. The highest BCUT2D eigenvalue weighted by Gasteiger charge is 2.20. The summed E-state index contributed by atoms with van der Waals surface area (Å²) in [5.41, 5.74) is 1.11. The van der Waals surface area contributed by atoms with Gasteiger partial charge in [0.1, 0.15) is 0 Å². The Morgan fingerprint density at radius 3 is 2.59 bits per heavy atom. The highest BCUT2D eigenvalue weighted by molar-refractivity contribution is 7.99. The molecular formula is C18H23N3O3S3. The van der Waals surface area contributed by atoms with E-state index in [4.69, 9.17) is 0 Å². The Bertz CT molecular complexity index is 873. The molecule has 1 aliphatic heterocycles. The summed E-state index contributed by atoms with van der Waals surface area (Å²) in [5, 5.41) is 0.282. The summed E-state index contributed by atoms with van der Waals surface area (Å²) >= 11 is 3.06. The van der Waals surface area contributed by atoms with Gasteiger partial charge in [-0.2, -0.15) is 11.8 Å². The van der Waals surface area contributed by atoms with Crippen molar-refractivity contribution in [3.63, 3.8) is 0 Å². The van der Waals surface area contributed by atoms with Gasteiger partial charge in [-0.05, 0) is 24.1 Å². The molecule has 0 aliphatic carbocycles. The fraction of sp³-hybridized carbons (Fsp3) is 0.444. The first-order valence-corrected chi connectivity index (χ1v) is 12.4. The van der Waals surface area contributed by atoms with Crippen molar-refractivity contribution in [2.75, 3.05) is 29.3 Å². The van der Waals surface area contributed by atoms with Crippen LogP contribution in [0, 0.1) is 0 Å². The van der Waals surface area contributed by atoms with Crippen molar-refractivity contribution in [1.82, 2.24) is 9.88 Å². The molecule has 0 spiro atoms. The van der Waals surface area contributed by atoms with Crippen molar-refractivity contribution in [1.29, 1.82) is 0 Å². The number of benzene rings is 1. The number of hydrogen-bond donors (Lipinski definition) is 1. The predicted octanol–water partition coefficient (Wildman–Crippen LogP) is 3.01. The van der Waals surface area contributed by atoms with Gasteiger partial charge in [0.25, 0.3) is 10.0 Å². The number of nitrogens with zero attached hydrogens (tertiary/aromatic N) is 2. The van der Waals surface area contributed by atoms with Crippen LogP contribution in [0.5, 0.6) is 0 Å². The molecule has 0 saturated carbocycles. The van der Waals surface area contributed by atoms with Crippen molar-refractivity contribution < 1.29 is 13.2 Å². The molecule has 1 N–H and O–H groups in total. The van der Waals surface area contributed by atoms with Crippen molar-refractivity contribution in [3.05, 3.63) is 40.9 Å². The number of sulfonamides is 1. The summed E-state index contributed by atoms with van der Waals surface area (Å²) < 4.78 is 27.6. The minimum absolute atomic E-state index is 0.0693. The lowest BCUT2D eigenvalue weighted by atomic mass is 10.1. The van der Waals surface area contributed by atoms with Crippen LogP contribution in [0.1, 0.15) is 23.8 Å². The molecule has 0 atom stereocenters. The van der Waals surface area contributed by atoms with Crippen LogP contribution in [0.15, 0.2) is 35.4 Å². The molecule has 6 nitrogen and oxygen atoms in total. The van der Waals surface area contributed by atoms with E-state index >= 15 is 0 Å². The van der Waals surface area contributed by atoms with Gasteiger partial charge in [0.2, 0.25) is 5.91 Å². The van der Waals surface area contributed by atoms with E-state index < -0.39 is 10.0 Å². The number of amides is 1. The number of carbonyl (C=O) groups is 1. The third kappa shape index (κ3) is 5.46. The van der Waals surface area contributed by atoms with E-state index in [9.17, 15) is 13.2 Å². The molecule has 2 heterocycles. The molecule has 2 aromatic rings. The van der Waals surface area contributed by atoms with E-state index in [-0.39, 0.29) is 22.4 Å². The molecule has 0 unspecified atom stereocenters. The monoisotopic (exact) mass is 425 g/mol. The summed E-state index contributed by atoms with van der Waals surface area (Å²) in [6.45, 7) is 3.63. The molecule has 9 heteroatoms. The summed E-state index contributed by atoms with van der Waals surface area (Å²) in [7, 11) is -3.68. The molecule has 3 rings (SSSR count). The third-order valence-corrected chi connectivity index (χ3v) is 7.58. The lowest BCUT2D eigenvalue weighted by molar-refractivity contribution is -0.130. The van der Waals surface area contributed by atoms with E-state index in [2.05, 4.69) is 16.6 Å². The second-order valence-electron chi connectivity index (χ2n) is 6.30. The first-order chi connectivity index (χ1) is 13.0. The van der Waals surface area contributed by atoms with Crippen LogP contribution in [0.2, 0.25) is 0 Å². The molecule has 146 valence electrons. The van der Waals surface area contributed by atoms with Crippen LogP contribution >= 0.6 is 23.1 Å². The molecule has 0 radical (unpaired) electrons. The average molecular weight is 426 g/mol. The standard InChI is InChI=1S/C18H23N3O3S3/c1-2-3-14-4-6-16(7-5-14)27(23,24)20-18-19-13-15(26-18)12-17(22)21-8-10-25-11-9-21/h4-7,13H,2-3,8-12H2,1H3,(H,19,20). The average Bonchev–Trinajstić information content (AvgIpc) is 3.09. The van der Waals surface area contributed by atoms with Gasteiger partial charge in [-0.15, -0.1) is 11.3 Å². The van der Waals surface area contributed by atoms with Crippen LogP contribution in [-0.2, 0) is 27.7 Å². The van der Waals surface area contributed by atoms with Gasteiger partial charge in [0.15, 0.2) is 5.13 Å². The molecular weight excluding hydrogens is 402 g/mol. The Morgan fingerprint density at radius 1 is 1.22 bits per heavy atom. The SMILES string of the molecule is CCCc1ccc(S(=O)(=O)Nc2ncc(CC(=O)N3CCSCC3)s2)cc1. The molecule has 1 saturated heterocycles. The van der Waals surface area contributed by atoms with E-state index in [0.717, 1.165) is 47.9 Å². The van der Waals surface area contributed by atoms with Crippen LogP contribution in [0.25, 0.3) is 0 Å². The van der Waals surface area contributed by atoms with Crippen molar-refractivity contribution in [2.45, 2.75) is 31.1 Å². The maximum atomic E-state index is 12.5. The number of anilines is 1. The predicted molar refractivity (Wildman–Crippen MR) is 111 cm³/mol. The van der Waals surface area contributed by atoms with Gasteiger partial charge in [-0.1, -0.05) is 25.5 Å². The maximum Gasteiger partial charge on any atom is 0.263 e. The van der Waals surface area contributed by atoms with E-state index in [1.807, 2.05) is 28.8 Å². The molecule has 27 heavy (non-hydrogen) atoms. The van der Waals surface area contributed by atoms with Gasteiger partial charge >= 0.3 is 0 Å². The third-order valence-electron chi connectivity index (χ3n) is 4.24. The van der Waals surface area contributed by atoms with Crippen LogP contribution in [-0.4, -0.2) is 48.8 Å². The van der Waals surface area contributed by atoms with Gasteiger partial charge in [0.05, 0.1) is 11.3 Å². The number of rotatable bonds is 7. The van der Waals surface area contributed by atoms with Gasteiger partial charge in [-0.25, -0.2) is 13.4 Å². The first kappa shape index (κ1) is 20.2. The lowest BCUT2D eigenvalue weighted by Gasteiger charge is -2.26. The Hall–Kier alpha value is -1.58. The highest BCUT2D eigenvalue weighted by atomic mass is 32.2. The number of thiazole rings is 1. The largest absolute Gasteiger partial charge is 0.341 e. The second-order valence-corrected chi connectivity index (χ2v) is 10.3. The van der Waals surface area contributed by atoms with Crippen LogP contribution in [0.4, 0.5) is 5.13 Å². The number of thioether (sulfide) groups is 1. The van der Waals surface area contributed by atoms with E-state index in [1.165, 1.54) is 11.3 Å². The van der Waals surface area contributed by atoms with Gasteiger partial charge in [0, 0.05) is 35.7 Å². The van der Waals surface area contributed by atoms with Crippen molar-refractivity contribution in [2.24, 2.45) is 0 Å². The maximum absolute atomic E-state index is 12.5. The minimum Gasteiger partial charge on any atom is -0.341 e.